The number of hydrogen-bond donors (Lipinski definition) is 1. The van der Waals surface area contributed by atoms with Gasteiger partial charge in [0.15, 0.2) is 0 Å². The first-order valence-corrected chi connectivity index (χ1v) is 7.53. The van der Waals surface area contributed by atoms with E-state index in [0.717, 1.165) is 12.1 Å². The van der Waals surface area contributed by atoms with Gasteiger partial charge in [0.1, 0.15) is 0 Å². The molecule has 1 aliphatic rings. The van der Waals surface area contributed by atoms with E-state index in [1.54, 1.807) is 12.2 Å². The minimum absolute atomic E-state index is 0.163. The predicted octanol–water partition coefficient (Wildman–Crippen LogP) is 4.81. The zero-order chi connectivity index (χ0) is 19.0. The second-order valence-electron chi connectivity index (χ2n) is 5.37. The van der Waals surface area contributed by atoms with Crippen molar-refractivity contribution in [3.05, 3.63) is 47.6 Å². The van der Waals surface area contributed by atoms with E-state index in [1.165, 1.54) is 4.90 Å². The van der Waals surface area contributed by atoms with E-state index >= 15 is 0 Å². The Morgan fingerprint density at radius 3 is 2.12 bits per heavy atom. The Labute approximate surface area is 145 Å². The number of carbonyl (C=O) groups excluding carboxylic acids is 1. The second-order valence-corrected chi connectivity index (χ2v) is 5.85. The van der Waals surface area contributed by atoms with E-state index in [4.69, 9.17) is 0 Å². The van der Waals surface area contributed by atoms with Crippen molar-refractivity contribution in [3.8, 4) is 0 Å². The number of rotatable bonds is 2. The highest BCUT2D eigenvalue weighted by Crippen LogP contribution is 2.46. The van der Waals surface area contributed by atoms with Crippen LogP contribution in [-0.2, 0) is 17.1 Å². The monoisotopic (exact) mass is 381 g/mol. The number of thiol groups is 1. The van der Waals surface area contributed by atoms with Gasteiger partial charge < -0.3 is 4.90 Å². The van der Waals surface area contributed by atoms with E-state index in [0.29, 0.717) is 6.42 Å². The maximum Gasteiger partial charge on any atom is 0.418 e. The van der Waals surface area contributed by atoms with E-state index in [9.17, 15) is 31.1 Å². The minimum atomic E-state index is -5.33. The molecule has 0 N–H and O–H groups in total. The van der Waals surface area contributed by atoms with Crippen LogP contribution in [0.1, 0.15) is 23.1 Å². The molecule has 0 aliphatic carbocycles. The smallest absolute Gasteiger partial charge is 0.335 e. The van der Waals surface area contributed by atoms with Crippen LogP contribution in [0.15, 0.2) is 35.8 Å². The molecule has 0 saturated heterocycles. The van der Waals surface area contributed by atoms with Gasteiger partial charge >= 0.3 is 12.4 Å². The lowest BCUT2D eigenvalue weighted by Crippen LogP contribution is -2.34. The molecule has 0 unspecified atom stereocenters. The topological polar surface area (TPSA) is 20.3 Å². The molecular formula is C16H13F6NOS. The molecule has 0 radical (unpaired) electrons. The van der Waals surface area contributed by atoms with Gasteiger partial charge in [0, 0.05) is 23.6 Å². The predicted molar refractivity (Wildman–Crippen MR) is 83.1 cm³/mol. The van der Waals surface area contributed by atoms with Gasteiger partial charge in [-0.2, -0.15) is 26.3 Å². The number of halogens is 6. The Hall–Kier alpha value is -1.90. The lowest BCUT2D eigenvalue weighted by Gasteiger charge is -2.26. The summed E-state index contributed by atoms with van der Waals surface area (Å²) in [6.07, 6.45) is -6.66. The SMILES string of the molecule is C=C(C(=O)N1CC=CCC1)c1ccc(S)c(C(F)(F)F)c1C(F)(F)F. The summed E-state index contributed by atoms with van der Waals surface area (Å²) in [5.41, 5.74) is -5.40. The highest BCUT2D eigenvalue weighted by molar-refractivity contribution is 7.80. The summed E-state index contributed by atoms with van der Waals surface area (Å²) in [5, 5.41) is 0. The maximum atomic E-state index is 13.4. The van der Waals surface area contributed by atoms with Gasteiger partial charge in [0.2, 0.25) is 0 Å². The largest absolute Gasteiger partial charge is 0.418 e. The summed E-state index contributed by atoms with van der Waals surface area (Å²) in [6.45, 7) is 3.74. The van der Waals surface area contributed by atoms with Crippen molar-refractivity contribution in [2.24, 2.45) is 0 Å². The van der Waals surface area contributed by atoms with Crippen LogP contribution in [0.25, 0.3) is 5.57 Å². The van der Waals surface area contributed by atoms with Crippen LogP contribution in [0.2, 0.25) is 0 Å². The summed E-state index contributed by atoms with van der Waals surface area (Å²) in [5.74, 6) is -0.838. The van der Waals surface area contributed by atoms with Crippen molar-refractivity contribution >= 4 is 24.1 Å². The van der Waals surface area contributed by atoms with Crippen LogP contribution in [0.5, 0.6) is 0 Å². The van der Waals surface area contributed by atoms with Crippen molar-refractivity contribution < 1.29 is 31.1 Å². The number of amides is 1. The quantitative estimate of drug-likeness (QED) is 0.337. The fraction of sp³-hybridized carbons (Fsp3) is 0.312. The van der Waals surface area contributed by atoms with Crippen molar-refractivity contribution in [1.82, 2.24) is 4.90 Å². The van der Waals surface area contributed by atoms with E-state index in [-0.39, 0.29) is 13.1 Å². The second kappa shape index (κ2) is 6.78. The first-order valence-electron chi connectivity index (χ1n) is 7.08. The van der Waals surface area contributed by atoms with Crippen molar-refractivity contribution in [2.75, 3.05) is 13.1 Å². The molecule has 1 aliphatic heterocycles. The number of nitrogens with zero attached hydrogens (tertiary/aromatic N) is 1. The van der Waals surface area contributed by atoms with Gasteiger partial charge in [-0.3, -0.25) is 4.79 Å². The minimum Gasteiger partial charge on any atom is -0.335 e. The fourth-order valence-electron chi connectivity index (χ4n) is 2.56. The molecule has 1 aromatic rings. The molecule has 0 aromatic heterocycles. The molecule has 136 valence electrons. The summed E-state index contributed by atoms with van der Waals surface area (Å²) in [6, 6.07) is 1.57. The van der Waals surface area contributed by atoms with Crippen molar-refractivity contribution in [2.45, 2.75) is 23.7 Å². The first-order chi connectivity index (χ1) is 11.4. The summed E-state index contributed by atoms with van der Waals surface area (Å²) in [7, 11) is 0. The zero-order valence-electron chi connectivity index (χ0n) is 12.7. The molecule has 1 aromatic carbocycles. The molecule has 9 heteroatoms. The molecule has 0 bridgehead atoms. The van der Waals surface area contributed by atoms with Gasteiger partial charge in [-0.05, 0) is 18.1 Å². The fourth-order valence-corrected chi connectivity index (χ4v) is 2.87. The van der Waals surface area contributed by atoms with Crippen LogP contribution in [0, 0.1) is 0 Å². The Morgan fingerprint density at radius 2 is 1.64 bits per heavy atom. The highest BCUT2D eigenvalue weighted by atomic mass is 32.1. The molecule has 1 amide bonds. The third-order valence-electron chi connectivity index (χ3n) is 3.68. The Kier molecular flexibility index (Phi) is 5.27. The lowest BCUT2D eigenvalue weighted by atomic mass is 9.94. The van der Waals surface area contributed by atoms with Gasteiger partial charge in [0.05, 0.1) is 11.1 Å². The molecule has 1 heterocycles. The number of benzene rings is 1. The van der Waals surface area contributed by atoms with Crippen LogP contribution < -0.4 is 0 Å². The number of alkyl halides is 6. The van der Waals surface area contributed by atoms with Gasteiger partial charge in [-0.1, -0.05) is 24.8 Å². The van der Waals surface area contributed by atoms with Crippen LogP contribution >= 0.6 is 12.6 Å². The lowest BCUT2D eigenvalue weighted by molar-refractivity contribution is -0.163. The Morgan fingerprint density at radius 1 is 1.04 bits per heavy atom. The summed E-state index contributed by atoms with van der Waals surface area (Å²) in [4.78, 5) is 12.7. The van der Waals surface area contributed by atoms with Crippen LogP contribution in [0.4, 0.5) is 26.3 Å². The average molecular weight is 381 g/mol. The molecule has 0 fully saturated rings. The van der Waals surface area contributed by atoms with E-state index in [1.807, 2.05) is 0 Å². The maximum absolute atomic E-state index is 13.4. The Bertz CT molecular complexity index is 735. The van der Waals surface area contributed by atoms with E-state index < -0.39 is 45.4 Å². The molecular weight excluding hydrogens is 368 g/mol. The van der Waals surface area contributed by atoms with Crippen molar-refractivity contribution in [1.29, 1.82) is 0 Å². The van der Waals surface area contributed by atoms with Gasteiger partial charge in [-0.25, -0.2) is 0 Å². The molecule has 0 saturated carbocycles. The summed E-state index contributed by atoms with van der Waals surface area (Å²) < 4.78 is 79.6. The highest BCUT2D eigenvalue weighted by Gasteiger charge is 2.47. The van der Waals surface area contributed by atoms with Gasteiger partial charge in [0.25, 0.3) is 5.91 Å². The standard InChI is InChI=1S/C16H13F6NOS/c1-9(14(24)23-7-3-2-4-8-23)10-5-6-11(25)13(16(20,21)22)12(10)15(17,18)19/h2-3,5-6,25H,1,4,7-8H2. The van der Waals surface area contributed by atoms with E-state index in [2.05, 4.69) is 19.2 Å². The number of hydrogen-bond acceptors (Lipinski definition) is 2. The molecule has 2 nitrogen and oxygen atoms in total. The summed E-state index contributed by atoms with van der Waals surface area (Å²) >= 11 is 3.51. The molecule has 2 rings (SSSR count). The van der Waals surface area contributed by atoms with Crippen LogP contribution in [-0.4, -0.2) is 23.9 Å². The van der Waals surface area contributed by atoms with Crippen molar-refractivity contribution in [3.63, 3.8) is 0 Å². The average Bonchev–Trinajstić information content (AvgIpc) is 2.52. The molecule has 0 spiro atoms. The number of carbonyl (C=O) groups is 1. The van der Waals surface area contributed by atoms with Gasteiger partial charge in [-0.15, -0.1) is 12.6 Å². The third kappa shape index (κ3) is 4.02. The molecule has 25 heavy (non-hydrogen) atoms. The Balaban J connectivity index is 2.59. The molecule has 0 atom stereocenters. The van der Waals surface area contributed by atoms with Crippen LogP contribution in [0.3, 0.4) is 0 Å². The zero-order valence-corrected chi connectivity index (χ0v) is 13.6. The first kappa shape index (κ1) is 19.4. The normalized spacial score (nSPS) is 15.4. The third-order valence-corrected chi connectivity index (χ3v) is 4.05.